The zero-order valence-electron chi connectivity index (χ0n) is 15.3. The van der Waals surface area contributed by atoms with E-state index < -0.39 is 23.0 Å². The van der Waals surface area contributed by atoms with Gasteiger partial charge in [0.25, 0.3) is 0 Å². The molecule has 2 aromatic carbocycles. The lowest BCUT2D eigenvalue weighted by Gasteiger charge is -2.17. The summed E-state index contributed by atoms with van der Waals surface area (Å²) < 4.78 is 20.4. The predicted molar refractivity (Wildman–Crippen MR) is 106 cm³/mol. The molecule has 1 saturated carbocycles. The fraction of sp³-hybridized carbons (Fsp3) is 0.300. The number of hydrogen-bond donors (Lipinski definition) is 4. The monoisotopic (exact) mass is 403 g/mol. The van der Waals surface area contributed by atoms with E-state index in [1.807, 2.05) is 0 Å². The summed E-state index contributed by atoms with van der Waals surface area (Å²) in [5, 5.41) is 22.3. The Morgan fingerprint density at radius 1 is 1.07 bits per heavy atom. The fourth-order valence-electron chi connectivity index (χ4n) is 3.12. The van der Waals surface area contributed by atoms with E-state index in [4.69, 9.17) is 0 Å². The van der Waals surface area contributed by atoms with Crippen LogP contribution in [0.5, 0.6) is 0 Å². The van der Waals surface area contributed by atoms with Gasteiger partial charge in [-0.3, -0.25) is 0 Å². The highest BCUT2D eigenvalue weighted by Gasteiger charge is 2.23. The second kappa shape index (κ2) is 8.12. The molecule has 1 fully saturated rings. The first kappa shape index (κ1) is 20.0. The van der Waals surface area contributed by atoms with Gasteiger partial charge < -0.3 is 20.1 Å². The van der Waals surface area contributed by atoms with Crippen molar-refractivity contribution in [2.75, 3.05) is 11.9 Å². The zero-order chi connectivity index (χ0) is 20.4. The van der Waals surface area contributed by atoms with Crippen molar-refractivity contribution in [3.05, 3.63) is 52.6 Å². The summed E-state index contributed by atoms with van der Waals surface area (Å²) in [6, 6.07) is 7.89. The summed E-state index contributed by atoms with van der Waals surface area (Å²) in [5.41, 5.74) is 2.49. The van der Waals surface area contributed by atoms with Gasteiger partial charge in [0.15, 0.2) is 11.1 Å². The average Bonchev–Trinajstić information content (AvgIpc) is 3.43. The molecule has 0 saturated heterocycles. The Morgan fingerprint density at radius 3 is 2.32 bits per heavy atom. The average molecular weight is 403 g/mol. The zero-order valence-corrected chi connectivity index (χ0v) is 16.1. The maximum atomic E-state index is 11.8. The number of carboxylic acid groups (broad SMARTS) is 2. The molecule has 1 aliphatic rings. The van der Waals surface area contributed by atoms with E-state index >= 15 is 0 Å². The Kier molecular flexibility index (Phi) is 5.81. The molecule has 0 aliphatic heterocycles. The van der Waals surface area contributed by atoms with Crippen LogP contribution in [0.4, 0.5) is 5.69 Å². The van der Waals surface area contributed by atoms with Gasteiger partial charge in [0, 0.05) is 17.8 Å². The molecule has 8 heteroatoms. The van der Waals surface area contributed by atoms with Crippen molar-refractivity contribution in [3.8, 4) is 11.1 Å². The predicted octanol–water partition coefficient (Wildman–Crippen LogP) is 3.60. The van der Waals surface area contributed by atoms with Crippen LogP contribution in [0.1, 0.15) is 44.7 Å². The Balaban J connectivity index is 2.15. The van der Waals surface area contributed by atoms with Gasteiger partial charge in [-0.2, -0.15) is 0 Å². The van der Waals surface area contributed by atoms with Crippen LogP contribution in [0.2, 0.25) is 0 Å². The molecule has 0 heterocycles. The molecular weight excluding hydrogens is 382 g/mol. The molecule has 1 aliphatic carbocycles. The SMILES string of the molecule is Cc1cc(-c2cc(CS(=O)O)ccc2NCC2CC2)c(C(=O)O)cc1C(=O)O. The van der Waals surface area contributed by atoms with Crippen LogP contribution < -0.4 is 5.32 Å². The summed E-state index contributed by atoms with van der Waals surface area (Å²) in [5.74, 6) is -1.91. The topological polar surface area (TPSA) is 124 Å². The van der Waals surface area contributed by atoms with Crippen molar-refractivity contribution in [1.29, 1.82) is 0 Å². The van der Waals surface area contributed by atoms with E-state index in [0.717, 1.165) is 25.5 Å². The van der Waals surface area contributed by atoms with E-state index in [2.05, 4.69) is 5.32 Å². The molecular formula is C20H21NO6S. The van der Waals surface area contributed by atoms with Crippen molar-refractivity contribution in [1.82, 2.24) is 0 Å². The number of aryl methyl sites for hydroxylation is 1. The number of anilines is 1. The molecule has 2 aromatic rings. The molecule has 0 bridgehead atoms. The van der Waals surface area contributed by atoms with Gasteiger partial charge in [-0.1, -0.05) is 6.07 Å². The third-order valence-electron chi connectivity index (χ3n) is 4.77. The van der Waals surface area contributed by atoms with Crippen LogP contribution in [-0.4, -0.2) is 37.5 Å². The van der Waals surface area contributed by atoms with Crippen molar-refractivity contribution < 1.29 is 28.6 Å². The van der Waals surface area contributed by atoms with Gasteiger partial charge >= 0.3 is 11.9 Å². The summed E-state index contributed by atoms with van der Waals surface area (Å²) in [7, 11) is 0. The number of carbonyl (C=O) groups is 2. The van der Waals surface area contributed by atoms with E-state index in [9.17, 15) is 28.6 Å². The minimum absolute atomic E-state index is 0.0683. The molecule has 148 valence electrons. The van der Waals surface area contributed by atoms with Crippen LogP contribution >= 0.6 is 0 Å². The minimum atomic E-state index is -2.03. The van der Waals surface area contributed by atoms with Crippen molar-refractivity contribution in [3.63, 3.8) is 0 Å². The first-order valence-corrected chi connectivity index (χ1v) is 10.1. The quantitative estimate of drug-likeness (QED) is 0.496. The lowest BCUT2D eigenvalue weighted by atomic mass is 9.92. The standard InChI is InChI=1S/C20H21NO6S/c1-11-6-15(17(20(24)25)8-14(11)19(22)23)16-7-13(10-28(26)27)4-5-18(16)21-9-12-2-3-12/h4-8,12,21H,2-3,9-10H2,1H3,(H,22,23)(H,24,25)(H,26,27). The Morgan fingerprint density at radius 2 is 1.75 bits per heavy atom. The maximum absolute atomic E-state index is 11.8. The normalized spacial score (nSPS) is 14.5. The minimum Gasteiger partial charge on any atom is -0.478 e. The molecule has 3 rings (SSSR count). The smallest absolute Gasteiger partial charge is 0.336 e. The van der Waals surface area contributed by atoms with Gasteiger partial charge in [-0.25, -0.2) is 13.8 Å². The second-order valence-corrected chi connectivity index (χ2v) is 7.92. The van der Waals surface area contributed by atoms with Crippen LogP contribution in [-0.2, 0) is 16.8 Å². The highest BCUT2D eigenvalue weighted by molar-refractivity contribution is 7.78. The number of nitrogens with one attached hydrogen (secondary N) is 1. The molecule has 0 radical (unpaired) electrons. The van der Waals surface area contributed by atoms with Crippen molar-refractivity contribution in [2.24, 2.45) is 5.92 Å². The molecule has 28 heavy (non-hydrogen) atoms. The second-order valence-electron chi connectivity index (χ2n) is 6.99. The van der Waals surface area contributed by atoms with Crippen LogP contribution in [0.3, 0.4) is 0 Å². The van der Waals surface area contributed by atoms with Crippen LogP contribution in [0.25, 0.3) is 11.1 Å². The summed E-state index contributed by atoms with van der Waals surface area (Å²) in [4.78, 5) is 23.2. The fourth-order valence-corrected chi connectivity index (χ4v) is 3.58. The molecule has 4 N–H and O–H groups in total. The van der Waals surface area contributed by atoms with Crippen LogP contribution in [0, 0.1) is 12.8 Å². The molecule has 0 amide bonds. The third kappa shape index (κ3) is 4.58. The maximum Gasteiger partial charge on any atom is 0.336 e. The highest BCUT2D eigenvalue weighted by Crippen LogP contribution is 2.36. The van der Waals surface area contributed by atoms with E-state index in [1.54, 1.807) is 31.2 Å². The number of hydrogen-bond acceptors (Lipinski definition) is 4. The molecule has 1 unspecified atom stereocenters. The number of rotatable bonds is 8. The number of aromatic carboxylic acids is 2. The molecule has 1 atom stereocenters. The van der Waals surface area contributed by atoms with E-state index in [-0.39, 0.29) is 16.9 Å². The molecule has 7 nitrogen and oxygen atoms in total. The Hall–Kier alpha value is -2.71. The highest BCUT2D eigenvalue weighted by atomic mass is 32.2. The van der Waals surface area contributed by atoms with Crippen molar-refractivity contribution in [2.45, 2.75) is 25.5 Å². The van der Waals surface area contributed by atoms with E-state index in [0.29, 0.717) is 33.9 Å². The summed E-state index contributed by atoms with van der Waals surface area (Å²) in [6.45, 7) is 2.37. The van der Waals surface area contributed by atoms with Crippen molar-refractivity contribution >= 4 is 28.7 Å². The molecule has 0 spiro atoms. The Bertz CT molecular complexity index is 967. The summed E-state index contributed by atoms with van der Waals surface area (Å²) in [6.07, 6.45) is 2.30. The van der Waals surface area contributed by atoms with Gasteiger partial charge in [0.1, 0.15) is 0 Å². The van der Waals surface area contributed by atoms with Gasteiger partial charge in [-0.15, -0.1) is 0 Å². The van der Waals surface area contributed by atoms with Gasteiger partial charge in [0.05, 0.1) is 16.9 Å². The van der Waals surface area contributed by atoms with Gasteiger partial charge in [0.2, 0.25) is 0 Å². The Labute approximate surface area is 164 Å². The first-order valence-electron chi connectivity index (χ1n) is 8.82. The number of carboxylic acids is 2. The summed E-state index contributed by atoms with van der Waals surface area (Å²) >= 11 is -2.03. The van der Waals surface area contributed by atoms with E-state index in [1.165, 1.54) is 0 Å². The number of benzene rings is 2. The lowest BCUT2D eigenvalue weighted by Crippen LogP contribution is -2.09. The first-order chi connectivity index (χ1) is 13.3. The molecule has 0 aromatic heterocycles. The largest absolute Gasteiger partial charge is 0.478 e. The van der Waals surface area contributed by atoms with Crippen LogP contribution in [0.15, 0.2) is 30.3 Å². The lowest BCUT2D eigenvalue weighted by molar-refractivity contribution is 0.0695. The van der Waals surface area contributed by atoms with Gasteiger partial charge in [-0.05, 0) is 66.6 Å². The third-order valence-corrected chi connectivity index (χ3v) is 5.35.